The Labute approximate surface area is 877 Å². The van der Waals surface area contributed by atoms with Crippen LogP contribution in [0, 0.1) is 51.1 Å². The Hall–Kier alpha value is -14.1. The molecule has 0 spiro atoms. The van der Waals surface area contributed by atoms with Gasteiger partial charge in [0.2, 0.25) is 0 Å². The first-order valence-electron chi connectivity index (χ1n) is 48.7. The average Bonchev–Trinajstić information content (AvgIpc) is 0.794. The summed E-state index contributed by atoms with van der Waals surface area (Å²) in [5.74, 6) is 1.89. The van der Waals surface area contributed by atoms with Crippen LogP contribution in [0.3, 0.4) is 0 Å². The van der Waals surface area contributed by atoms with Crippen LogP contribution in [0.5, 0.6) is 0 Å². The predicted molar refractivity (Wildman–Crippen MR) is 591 cm³/mol. The molecule has 1 radical (unpaired) electrons. The van der Waals surface area contributed by atoms with E-state index in [0.29, 0.717) is 17.5 Å². The molecule has 143 heavy (non-hydrogen) atoms. The van der Waals surface area contributed by atoms with Crippen molar-refractivity contribution in [1.29, 1.82) is 0 Å². The zero-order valence-electron chi connectivity index (χ0n) is 86.2. The minimum Gasteiger partial charge on any atom is -0.305 e. The van der Waals surface area contributed by atoms with Gasteiger partial charge in [-0.25, -0.2) is 15.0 Å². The van der Waals surface area contributed by atoms with Crippen molar-refractivity contribution in [3.05, 3.63) is 469 Å². The van der Waals surface area contributed by atoms with Crippen molar-refractivity contribution >= 4 is 0 Å². The molecular weight excluding hydrogens is 2090 g/mol. The molecule has 8 nitrogen and oxygen atoms in total. The number of aryl methyl sites for hydroxylation is 3. The van der Waals surface area contributed by atoms with E-state index in [-0.39, 0.29) is 72.7 Å². The zero-order valence-corrected chi connectivity index (χ0v) is 91.0. The van der Waals surface area contributed by atoms with Gasteiger partial charge in [0, 0.05) is 67.8 Å². The summed E-state index contributed by atoms with van der Waals surface area (Å²) in [6.07, 6.45) is 9.23. The summed E-state index contributed by atoms with van der Waals surface area (Å²) >= 11 is 0. The van der Waals surface area contributed by atoms with Gasteiger partial charge in [-0.15, -0.1) is 177 Å². The van der Waals surface area contributed by atoms with E-state index in [9.17, 15) is 0 Å². The van der Waals surface area contributed by atoms with Crippen molar-refractivity contribution in [2.24, 2.45) is 0 Å². The van der Waals surface area contributed by atoms with E-state index in [1.54, 1.807) is 12.4 Å². The van der Waals surface area contributed by atoms with Gasteiger partial charge in [-0.3, -0.25) is 0 Å². The first kappa shape index (κ1) is 106. The molecule has 0 saturated carbocycles. The summed E-state index contributed by atoms with van der Waals surface area (Å²) in [6, 6.07) is 142. The standard InChI is InChI=1S/2C37H36N.C35H35N4.2C12H10N.2Ir/c1-36(2,3)33-17-13-26(14-18-33)30-23-31(27-15-19-34(20-16-27)37(4,5)6)25-32(24-30)28-10-9-11-29(22-28)35-12-7-8-21-38-35;1-36(2,3)33-17-12-26(13-18-33)30-22-31(27-14-19-34(20-15-27)37(4,5)6)24-32(23-30)29-16-21-35(38-25-29)28-10-8-7-9-11-28;1-23-9-8-10-26(21-23)30-20-15-27(22-36-30)33-38-31(24-11-16-28(17-12-24)34(2,3)4)37-32(39-33)25-13-18-29(19-14-25)35(5,6)7;2*1-10-5-4-6-11(9-10)12-7-2-3-8-13-12;;/h2*7-10,12-25H,1-6H3;8-9,11-22H,1-7H3;2*2-5,7-9H,1H3;;/q5*-1;;+3. The molecule has 0 aliphatic heterocycles. The molecule has 0 atom stereocenters. The molecule has 19 rings (SSSR count). The molecule has 19 aromatic rings. The molecular formula is C133H127Ir2N8-2. The van der Waals surface area contributed by atoms with Crippen LogP contribution >= 0.6 is 0 Å². The zero-order chi connectivity index (χ0) is 99.8. The van der Waals surface area contributed by atoms with Crippen LogP contribution in [0.4, 0.5) is 0 Å². The van der Waals surface area contributed by atoms with Crippen LogP contribution in [0.1, 0.15) is 175 Å². The van der Waals surface area contributed by atoms with Crippen molar-refractivity contribution < 1.29 is 40.2 Å². The molecule has 0 fully saturated rings. The monoisotopic (exact) mass is 2220 g/mol. The Morgan fingerprint density at radius 1 is 0.182 bits per heavy atom. The Bertz CT molecular complexity index is 7050. The minimum atomic E-state index is 0. The van der Waals surface area contributed by atoms with Crippen LogP contribution in [-0.2, 0) is 72.7 Å². The van der Waals surface area contributed by atoms with Gasteiger partial charge in [-0.05, 0) is 210 Å². The van der Waals surface area contributed by atoms with E-state index in [2.05, 4.69) is 415 Å². The van der Waals surface area contributed by atoms with Gasteiger partial charge >= 0.3 is 20.1 Å². The predicted octanol–water partition coefficient (Wildman–Crippen LogP) is 34.6. The maximum absolute atomic E-state index is 4.91. The van der Waals surface area contributed by atoms with Crippen LogP contribution in [0.25, 0.3) is 157 Å². The fourth-order valence-corrected chi connectivity index (χ4v) is 16.4. The van der Waals surface area contributed by atoms with Crippen molar-refractivity contribution in [2.75, 3.05) is 0 Å². The number of nitrogens with zero attached hydrogens (tertiary/aromatic N) is 8. The number of pyridine rings is 5. The molecule has 719 valence electrons. The van der Waals surface area contributed by atoms with Crippen LogP contribution < -0.4 is 0 Å². The van der Waals surface area contributed by atoms with E-state index in [0.717, 1.165) is 89.7 Å². The van der Waals surface area contributed by atoms with Gasteiger partial charge in [0.1, 0.15) is 0 Å². The normalized spacial score (nSPS) is 11.4. The number of rotatable bonds is 14. The summed E-state index contributed by atoms with van der Waals surface area (Å²) in [5.41, 5.74) is 39.1. The fourth-order valence-electron chi connectivity index (χ4n) is 16.4. The molecule has 6 heterocycles. The second kappa shape index (κ2) is 46.8. The van der Waals surface area contributed by atoms with E-state index >= 15 is 0 Å². The number of hydrogen-bond acceptors (Lipinski definition) is 8. The van der Waals surface area contributed by atoms with Crippen molar-refractivity contribution in [2.45, 2.75) is 178 Å². The second-order valence-electron chi connectivity index (χ2n) is 42.5. The van der Waals surface area contributed by atoms with Crippen molar-refractivity contribution in [1.82, 2.24) is 39.9 Å². The van der Waals surface area contributed by atoms with Crippen molar-refractivity contribution in [3.63, 3.8) is 0 Å². The molecule has 0 N–H and O–H groups in total. The Kier molecular flexibility index (Phi) is 34.7. The first-order valence-corrected chi connectivity index (χ1v) is 48.7. The summed E-state index contributed by atoms with van der Waals surface area (Å²) < 4.78 is 0. The average molecular weight is 2220 g/mol. The molecule has 13 aromatic carbocycles. The molecule has 10 heteroatoms. The molecule has 0 amide bonds. The Balaban J connectivity index is 0.000000158. The molecule has 0 aliphatic rings. The summed E-state index contributed by atoms with van der Waals surface area (Å²) in [6.45, 7) is 46.6. The van der Waals surface area contributed by atoms with Gasteiger partial charge in [0.15, 0.2) is 17.5 Å². The minimum absolute atomic E-state index is 0. The molecule has 0 bridgehead atoms. The third-order valence-electron chi connectivity index (χ3n) is 25.1. The van der Waals surface area contributed by atoms with Gasteiger partial charge in [0.05, 0.1) is 0 Å². The largest absolute Gasteiger partial charge is 3.00 e. The van der Waals surface area contributed by atoms with E-state index < -0.39 is 0 Å². The number of benzene rings is 13. The topological polar surface area (TPSA) is 103 Å². The van der Waals surface area contributed by atoms with Crippen LogP contribution in [0.2, 0.25) is 0 Å². The van der Waals surface area contributed by atoms with Crippen LogP contribution in [-0.4, -0.2) is 39.9 Å². The van der Waals surface area contributed by atoms with Crippen molar-refractivity contribution in [3.8, 4) is 157 Å². The maximum atomic E-state index is 4.91. The van der Waals surface area contributed by atoms with Crippen LogP contribution in [0.15, 0.2) is 389 Å². The van der Waals surface area contributed by atoms with E-state index in [4.69, 9.17) is 24.9 Å². The Morgan fingerprint density at radius 3 is 0.685 bits per heavy atom. The molecule has 6 aromatic heterocycles. The molecule has 0 aliphatic carbocycles. The van der Waals surface area contributed by atoms with Gasteiger partial charge in [-0.1, -0.05) is 352 Å². The maximum Gasteiger partial charge on any atom is 3.00 e. The number of hydrogen-bond donors (Lipinski definition) is 0. The fraction of sp³-hybridized carbons (Fsp3) is 0.203. The summed E-state index contributed by atoms with van der Waals surface area (Å²) in [7, 11) is 0. The third-order valence-corrected chi connectivity index (χ3v) is 25.1. The third kappa shape index (κ3) is 28.7. The molecule has 0 saturated heterocycles. The quantitative estimate of drug-likeness (QED) is 0.0992. The second-order valence-corrected chi connectivity index (χ2v) is 42.5. The summed E-state index contributed by atoms with van der Waals surface area (Å²) in [5, 5.41) is 0. The summed E-state index contributed by atoms with van der Waals surface area (Å²) in [4.78, 5) is 37.2. The first-order chi connectivity index (χ1) is 67.3. The Morgan fingerprint density at radius 2 is 0.420 bits per heavy atom. The molecule has 0 unspecified atom stereocenters. The number of aromatic nitrogens is 8. The van der Waals surface area contributed by atoms with Gasteiger partial charge in [0.25, 0.3) is 0 Å². The van der Waals surface area contributed by atoms with Gasteiger partial charge in [-0.2, -0.15) is 0 Å². The van der Waals surface area contributed by atoms with E-state index in [1.165, 1.54) is 100 Å². The van der Waals surface area contributed by atoms with E-state index in [1.807, 2.05) is 152 Å². The van der Waals surface area contributed by atoms with Gasteiger partial charge < -0.3 is 24.9 Å². The SMILES string of the molecule is CC(C)(C)c1ccc(-c2cc(-c3ccc(C(C)(C)C)cc3)cc(-c3cc[c-]c(-c4ccccn4)c3)c2)cc1.CC(C)(C)c1ccc(-c2cc(-c3ccc(C(C)(C)C)cc3)cc(-c3ccc(-c4[c-]cccc4)nc3)c2)cc1.Cc1cc[c-]c(-c2ccc(-c3nc(-c4ccc(C(C)(C)C)cc4)nc(-c4ccc(C(C)(C)C)cc4)n3)cn2)c1.Cc1cc[c-]c(-c2ccccn2)c1.Cc1cc[c-]c(-c2ccccn2)c1.[Ir+3].[Ir]. The smallest absolute Gasteiger partial charge is 0.305 e.